The monoisotopic (exact) mass is 294 g/mol. The molecule has 7 heteroatoms. The summed E-state index contributed by atoms with van der Waals surface area (Å²) in [5.74, 6) is 0.312. The van der Waals surface area contributed by atoms with Crippen LogP contribution in [0, 0.1) is 11.8 Å². The lowest BCUT2D eigenvalue weighted by Gasteiger charge is -2.12. The van der Waals surface area contributed by atoms with E-state index in [-0.39, 0.29) is 11.7 Å². The zero-order valence-corrected chi connectivity index (χ0v) is 12.2. The molecule has 1 saturated carbocycles. The van der Waals surface area contributed by atoms with Gasteiger partial charge >= 0.3 is 12.0 Å². The third kappa shape index (κ3) is 4.77. The maximum absolute atomic E-state index is 11.6. The van der Waals surface area contributed by atoms with E-state index in [1.54, 1.807) is 4.57 Å². The number of nitrogens with zero attached hydrogens (tertiary/aromatic N) is 2. The van der Waals surface area contributed by atoms with Crippen LogP contribution in [0.4, 0.5) is 4.79 Å². The van der Waals surface area contributed by atoms with Crippen molar-refractivity contribution in [2.24, 2.45) is 11.8 Å². The van der Waals surface area contributed by atoms with Crippen LogP contribution in [0.2, 0.25) is 0 Å². The van der Waals surface area contributed by atoms with Crippen LogP contribution in [0.15, 0.2) is 12.5 Å². The molecule has 1 aromatic rings. The van der Waals surface area contributed by atoms with Gasteiger partial charge in [-0.05, 0) is 24.7 Å². The SMILES string of the molecule is CC1CCC(CNC(=O)NCCn2cnc(C(=O)O)c2)C1. The van der Waals surface area contributed by atoms with Gasteiger partial charge in [-0.15, -0.1) is 0 Å². The minimum atomic E-state index is -1.05. The fraction of sp³-hybridized carbons (Fsp3) is 0.643. The maximum atomic E-state index is 11.6. The highest BCUT2D eigenvalue weighted by Crippen LogP contribution is 2.29. The molecule has 1 heterocycles. The molecule has 116 valence electrons. The quantitative estimate of drug-likeness (QED) is 0.737. The second kappa shape index (κ2) is 7.10. The van der Waals surface area contributed by atoms with Crippen LogP contribution < -0.4 is 10.6 Å². The number of carboxylic acids is 1. The molecule has 21 heavy (non-hydrogen) atoms. The van der Waals surface area contributed by atoms with Gasteiger partial charge in [0.25, 0.3) is 0 Å². The molecule has 1 aromatic heterocycles. The number of hydrogen-bond donors (Lipinski definition) is 3. The van der Waals surface area contributed by atoms with Gasteiger partial charge < -0.3 is 20.3 Å². The molecule has 2 rings (SSSR count). The molecule has 0 radical (unpaired) electrons. The summed E-state index contributed by atoms with van der Waals surface area (Å²) < 4.78 is 1.64. The Morgan fingerprint density at radius 2 is 2.24 bits per heavy atom. The van der Waals surface area contributed by atoms with Crippen molar-refractivity contribution in [3.05, 3.63) is 18.2 Å². The Morgan fingerprint density at radius 3 is 2.86 bits per heavy atom. The predicted octanol–water partition coefficient (Wildman–Crippen LogP) is 1.32. The van der Waals surface area contributed by atoms with Crippen molar-refractivity contribution in [2.75, 3.05) is 13.1 Å². The molecule has 2 atom stereocenters. The topological polar surface area (TPSA) is 96.3 Å². The molecule has 1 aliphatic rings. The summed E-state index contributed by atoms with van der Waals surface area (Å²) in [4.78, 5) is 26.1. The number of urea groups is 1. The van der Waals surface area contributed by atoms with Crippen LogP contribution >= 0.6 is 0 Å². The second-order valence-corrected chi connectivity index (χ2v) is 5.72. The van der Waals surface area contributed by atoms with Crippen molar-refractivity contribution >= 4 is 12.0 Å². The Bertz CT molecular complexity index is 500. The largest absolute Gasteiger partial charge is 0.476 e. The smallest absolute Gasteiger partial charge is 0.356 e. The highest BCUT2D eigenvalue weighted by molar-refractivity contribution is 5.84. The van der Waals surface area contributed by atoms with Crippen molar-refractivity contribution in [3.8, 4) is 0 Å². The Balaban J connectivity index is 1.61. The number of carbonyl (C=O) groups excluding carboxylic acids is 1. The van der Waals surface area contributed by atoms with E-state index in [9.17, 15) is 9.59 Å². The summed E-state index contributed by atoms with van der Waals surface area (Å²) in [5, 5.41) is 14.4. The third-order valence-electron chi connectivity index (χ3n) is 3.86. The molecule has 0 aromatic carbocycles. The van der Waals surface area contributed by atoms with Crippen LogP contribution in [0.25, 0.3) is 0 Å². The molecule has 7 nitrogen and oxygen atoms in total. The normalized spacial score (nSPS) is 21.2. The number of carboxylic acid groups (broad SMARTS) is 1. The number of hydrogen-bond acceptors (Lipinski definition) is 3. The first kappa shape index (κ1) is 15.3. The number of nitrogens with one attached hydrogen (secondary N) is 2. The maximum Gasteiger partial charge on any atom is 0.356 e. The molecule has 1 fully saturated rings. The van der Waals surface area contributed by atoms with E-state index < -0.39 is 5.97 Å². The van der Waals surface area contributed by atoms with E-state index in [1.807, 2.05) is 0 Å². The number of carbonyl (C=O) groups is 2. The number of aromatic nitrogens is 2. The van der Waals surface area contributed by atoms with E-state index in [0.29, 0.717) is 19.0 Å². The van der Waals surface area contributed by atoms with Crippen molar-refractivity contribution in [1.82, 2.24) is 20.2 Å². The highest BCUT2D eigenvalue weighted by atomic mass is 16.4. The Kier molecular flexibility index (Phi) is 5.19. The third-order valence-corrected chi connectivity index (χ3v) is 3.86. The van der Waals surface area contributed by atoms with Crippen molar-refractivity contribution < 1.29 is 14.7 Å². The molecular weight excluding hydrogens is 272 g/mol. The first-order chi connectivity index (χ1) is 10.0. The molecule has 0 aliphatic heterocycles. The van der Waals surface area contributed by atoms with Crippen LogP contribution in [-0.2, 0) is 6.54 Å². The average Bonchev–Trinajstić information content (AvgIpc) is 3.05. The lowest BCUT2D eigenvalue weighted by Crippen LogP contribution is -2.39. The van der Waals surface area contributed by atoms with Gasteiger partial charge in [0, 0.05) is 25.8 Å². The lowest BCUT2D eigenvalue weighted by molar-refractivity contribution is 0.0691. The molecule has 0 bridgehead atoms. The minimum absolute atomic E-state index is 0.00908. The van der Waals surface area contributed by atoms with E-state index in [1.165, 1.54) is 31.8 Å². The molecule has 0 spiro atoms. The van der Waals surface area contributed by atoms with Gasteiger partial charge in [-0.3, -0.25) is 0 Å². The summed E-state index contributed by atoms with van der Waals surface area (Å²) in [6.07, 6.45) is 6.52. The molecule has 1 aliphatic carbocycles. The van der Waals surface area contributed by atoms with Gasteiger partial charge in [0.1, 0.15) is 0 Å². The number of amides is 2. The Morgan fingerprint density at radius 1 is 1.43 bits per heavy atom. The molecule has 0 saturated heterocycles. The summed E-state index contributed by atoms with van der Waals surface area (Å²) in [5.41, 5.74) is 0.00908. The van der Waals surface area contributed by atoms with Gasteiger partial charge in [-0.25, -0.2) is 14.6 Å². The van der Waals surface area contributed by atoms with E-state index in [0.717, 1.165) is 12.5 Å². The van der Waals surface area contributed by atoms with Gasteiger partial charge in [0.2, 0.25) is 0 Å². The molecule has 2 unspecified atom stereocenters. The molecular formula is C14H22N4O3. The number of imidazole rings is 1. The second-order valence-electron chi connectivity index (χ2n) is 5.72. The van der Waals surface area contributed by atoms with E-state index in [2.05, 4.69) is 22.5 Å². The highest BCUT2D eigenvalue weighted by Gasteiger charge is 2.21. The summed E-state index contributed by atoms with van der Waals surface area (Å²) in [6, 6.07) is -0.173. The summed E-state index contributed by atoms with van der Waals surface area (Å²) in [7, 11) is 0. The number of aromatic carboxylic acids is 1. The first-order valence-corrected chi connectivity index (χ1v) is 7.31. The van der Waals surface area contributed by atoms with Crippen LogP contribution in [-0.4, -0.2) is 39.7 Å². The zero-order valence-electron chi connectivity index (χ0n) is 12.2. The van der Waals surface area contributed by atoms with Crippen LogP contribution in [0.1, 0.15) is 36.7 Å². The minimum Gasteiger partial charge on any atom is -0.476 e. The van der Waals surface area contributed by atoms with Gasteiger partial charge in [-0.2, -0.15) is 0 Å². The van der Waals surface area contributed by atoms with E-state index in [4.69, 9.17) is 5.11 Å². The summed E-state index contributed by atoms with van der Waals surface area (Å²) in [6.45, 7) is 3.90. The number of rotatable bonds is 6. The molecule has 3 N–H and O–H groups in total. The Hall–Kier alpha value is -2.05. The Labute approximate surface area is 123 Å². The predicted molar refractivity (Wildman–Crippen MR) is 77.1 cm³/mol. The summed E-state index contributed by atoms with van der Waals surface area (Å²) >= 11 is 0. The van der Waals surface area contributed by atoms with Gasteiger partial charge in [-0.1, -0.05) is 13.3 Å². The fourth-order valence-electron chi connectivity index (χ4n) is 2.70. The van der Waals surface area contributed by atoms with Crippen LogP contribution in [0.3, 0.4) is 0 Å². The lowest BCUT2D eigenvalue weighted by atomic mass is 10.1. The van der Waals surface area contributed by atoms with Gasteiger partial charge in [0.05, 0.1) is 6.33 Å². The van der Waals surface area contributed by atoms with E-state index >= 15 is 0 Å². The van der Waals surface area contributed by atoms with Crippen molar-refractivity contribution in [2.45, 2.75) is 32.7 Å². The fourth-order valence-corrected chi connectivity index (χ4v) is 2.70. The first-order valence-electron chi connectivity index (χ1n) is 7.31. The average molecular weight is 294 g/mol. The standard InChI is InChI=1S/C14H22N4O3/c1-10-2-3-11(6-10)7-16-14(21)15-4-5-18-8-12(13(19)20)17-9-18/h8-11H,2-7H2,1H3,(H,19,20)(H2,15,16,21). The molecule has 2 amide bonds. The van der Waals surface area contributed by atoms with Gasteiger partial charge in [0.15, 0.2) is 5.69 Å². The van der Waals surface area contributed by atoms with Crippen LogP contribution in [0.5, 0.6) is 0 Å². The van der Waals surface area contributed by atoms with Crippen molar-refractivity contribution in [3.63, 3.8) is 0 Å². The zero-order chi connectivity index (χ0) is 15.2. The van der Waals surface area contributed by atoms with Crippen molar-refractivity contribution in [1.29, 1.82) is 0 Å².